The molecule has 0 fully saturated rings. The number of aromatic nitrogens is 2. The first-order chi connectivity index (χ1) is 6.22. The van der Waals surface area contributed by atoms with Gasteiger partial charge < -0.3 is 9.47 Å². The maximum absolute atomic E-state index is 13.2. The third-order valence-corrected chi connectivity index (χ3v) is 1.89. The third kappa shape index (κ3) is 2.00. The van der Waals surface area contributed by atoms with E-state index in [-0.39, 0.29) is 11.8 Å². The van der Waals surface area contributed by atoms with E-state index < -0.39 is 5.82 Å². The van der Waals surface area contributed by atoms with Gasteiger partial charge in [0.2, 0.25) is 5.82 Å². The summed E-state index contributed by atoms with van der Waals surface area (Å²) in [4.78, 5) is 7.58. The lowest BCUT2D eigenvalue weighted by molar-refractivity contribution is 0.320. The molecule has 4 nitrogen and oxygen atoms in total. The number of hydrogen-bond donors (Lipinski definition) is 0. The fraction of sp³-hybridized carbons (Fsp3) is 0.429. The number of thioether (sulfide) groups is 1. The molecule has 0 saturated carbocycles. The summed E-state index contributed by atoms with van der Waals surface area (Å²) < 4.78 is 22.6. The molecule has 72 valence electrons. The summed E-state index contributed by atoms with van der Waals surface area (Å²) in [7, 11) is 2.68. The van der Waals surface area contributed by atoms with Gasteiger partial charge in [-0.05, 0) is 6.26 Å². The Hall–Kier alpha value is -1.04. The number of methoxy groups -OCH3 is 2. The van der Waals surface area contributed by atoms with E-state index in [0.717, 1.165) is 0 Å². The van der Waals surface area contributed by atoms with E-state index in [1.165, 1.54) is 26.0 Å². The molecule has 0 radical (unpaired) electrons. The lowest BCUT2D eigenvalue weighted by Gasteiger charge is -2.05. The number of hydrogen-bond acceptors (Lipinski definition) is 5. The van der Waals surface area contributed by atoms with Crippen LogP contribution in [0.4, 0.5) is 4.39 Å². The predicted molar refractivity (Wildman–Crippen MR) is 46.9 cm³/mol. The quantitative estimate of drug-likeness (QED) is 0.549. The van der Waals surface area contributed by atoms with Crippen molar-refractivity contribution in [1.29, 1.82) is 0 Å². The van der Waals surface area contributed by atoms with Gasteiger partial charge in [-0.2, -0.15) is 14.4 Å². The van der Waals surface area contributed by atoms with E-state index in [1.807, 2.05) is 0 Å². The van der Waals surface area contributed by atoms with Crippen LogP contribution in [0.15, 0.2) is 5.16 Å². The van der Waals surface area contributed by atoms with Gasteiger partial charge in [-0.3, -0.25) is 0 Å². The maximum Gasteiger partial charge on any atom is 0.258 e. The molecule has 1 rings (SSSR count). The van der Waals surface area contributed by atoms with Crippen molar-refractivity contribution in [2.24, 2.45) is 0 Å². The van der Waals surface area contributed by atoms with Crippen LogP contribution >= 0.6 is 11.8 Å². The van der Waals surface area contributed by atoms with Gasteiger partial charge in [0.25, 0.3) is 11.8 Å². The van der Waals surface area contributed by atoms with Gasteiger partial charge >= 0.3 is 0 Å². The van der Waals surface area contributed by atoms with E-state index in [2.05, 4.69) is 9.97 Å². The molecule has 0 amide bonds. The molecule has 6 heteroatoms. The summed E-state index contributed by atoms with van der Waals surface area (Å²) in [5.41, 5.74) is 0. The largest absolute Gasteiger partial charge is 0.479 e. The molecule has 0 aliphatic carbocycles. The summed E-state index contributed by atoms with van der Waals surface area (Å²) in [6.45, 7) is 0. The molecule has 0 N–H and O–H groups in total. The maximum atomic E-state index is 13.2. The standard InChI is InChI=1S/C7H9FN2O2S/c1-11-5-4(8)6(12-2)10-7(9-5)13-3/h1-3H3. The lowest BCUT2D eigenvalue weighted by atomic mass is 10.5. The van der Waals surface area contributed by atoms with E-state index in [9.17, 15) is 4.39 Å². The smallest absolute Gasteiger partial charge is 0.258 e. The van der Waals surface area contributed by atoms with Gasteiger partial charge in [-0.15, -0.1) is 0 Å². The van der Waals surface area contributed by atoms with E-state index in [0.29, 0.717) is 5.16 Å². The molecule has 0 saturated heterocycles. The Morgan fingerprint density at radius 3 is 1.92 bits per heavy atom. The van der Waals surface area contributed by atoms with Crippen LogP contribution < -0.4 is 9.47 Å². The molecular formula is C7H9FN2O2S. The Kier molecular flexibility index (Phi) is 3.30. The minimum Gasteiger partial charge on any atom is -0.479 e. The van der Waals surface area contributed by atoms with Gasteiger partial charge in [-0.1, -0.05) is 11.8 Å². The molecule has 0 aliphatic rings. The van der Waals surface area contributed by atoms with Crippen LogP contribution in [0.5, 0.6) is 11.8 Å². The van der Waals surface area contributed by atoms with Crippen molar-refractivity contribution in [3.8, 4) is 11.8 Å². The first-order valence-corrected chi connectivity index (χ1v) is 4.65. The van der Waals surface area contributed by atoms with Crippen LogP contribution in [0.3, 0.4) is 0 Å². The minimum atomic E-state index is -0.678. The van der Waals surface area contributed by atoms with Crippen LogP contribution in [0.1, 0.15) is 0 Å². The molecule has 0 spiro atoms. The molecule has 13 heavy (non-hydrogen) atoms. The Balaban J connectivity index is 3.20. The lowest BCUT2D eigenvalue weighted by Crippen LogP contribution is -2.00. The monoisotopic (exact) mass is 204 g/mol. The summed E-state index contributed by atoms with van der Waals surface area (Å²) >= 11 is 1.29. The summed E-state index contributed by atoms with van der Waals surface area (Å²) in [5.74, 6) is -0.879. The van der Waals surface area contributed by atoms with Crippen molar-refractivity contribution >= 4 is 11.8 Å². The van der Waals surface area contributed by atoms with Crippen molar-refractivity contribution in [3.63, 3.8) is 0 Å². The molecule has 1 aromatic heterocycles. The molecule has 0 unspecified atom stereocenters. The number of rotatable bonds is 3. The Morgan fingerprint density at radius 1 is 1.15 bits per heavy atom. The fourth-order valence-electron chi connectivity index (χ4n) is 0.750. The summed E-state index contributed by atoms with van der Waals surface area (Å²) in [5, 5.41) is 0.412. The molecule has 0 aromatic carbocycles. The zero-order valence-electron chi connectivity index (χ0n) is 7.50. The van der Waals surface area contributed by atoms with Crippen molar-refractivity contribution < 1.29 is 13.9 Å². The van der Waals surface area contributed by atoms with E-state index in [4.69, 9.17) is 9.47 Å². The Morgan fingerprint density at radius 2 is 1.62 bits per heavy atom. The molecule has 0 aliphatic heterocycles. The molecule has 1 aromatic rings. The zero-order chi connectivity index (χ0) is 9.84. The topological polar surface area (TPSA) is 44.2 Å². The van der Waals surface area contributed by atoms with Gasteiger partial charge in [0.15, 0.2) is 5.16 Å². The van der Waals surface area contributed by atoms with Crippen LogP contribution in [-0.4, -0.2) is 30.4 Å². The van der Waals surface area contributed by atoms with Gasteiger partial charge in [0, 0.05) is 0 Å². The SMILES string of the molecule is COc1nc(SC)nc(OC)c1F. The normalized spacial score (nSPS) is 9.85. The van der Waals surface area contributed by atoms with Crippen LogP contribution in [-0.2, 0) is 0 Å². The van der Waals surface area contributed by atoms with Crippen molar-refractivity contribution in [3.05, 3.63) is 5.82 Å². The van der Waals surface area contributed by atoms with Crippen LogP contribution in [0.25, 0.3) is 0 Å². The molecule has 0 atom stereocenters. The van der Waals surface area contributed by atoms with Crippen molar-refractivity contribution in [1.82, 2.24) is 9.97 Å². The minimum absolute atomic E-state index is 0.101. The van der Waals surface area contributed by atoms with Gasteiger partial charge in [0.05, 0.1) is 14.2 Å². The van der Waals surface area contributed by atoms with Crippen LogP contribution in [0, 0.1) is 5.82 Å². The van der Waals surface area contributed by atoms with Crippen molar-refractivity contribution in [2.45, 2.75) is 5.16 Å². The van der Waals surface area contributed by atoms with Crippen LogP contribution in [0.2, 0.25) is 0 Å². The molecular weight excluding hydrogens is 195 g/mol. The highest BCUT2D eigenvalue weighted by atomic mass is 32.2. The zero-order valence-corrected chi connectivity index (χ0v) is 8.31. The first-order valence-electron chi connectivity index (χ1n) is 3.42. The highest BCUT2D eigenvalue weighted by Gasteiger charge is 2.14. The van der Waals surface area contributed by atoms with Crippen molar-refractivity contribution in [2.75, 3.05) is 20.5 Å². The summed E-state index contributed by atoms with van der Waals surface area (Å²) in [6.07, 6.45) is 1.78. The fourth-order valence-corrected chi connectivity index (χ4v) is 1.10. The second-order valence-electron chi connectivity index (χ2n) is 2.04. The number of ether oxygens (including phenoxy) is 2. The average Bonchev–Trinajstić information content (AvgIpc) is 2.18. The third-order valence-electron chi connectivity index (χ3n) is 1.34. The number of halogens is 1. The highest BCUT2D eigenvalue weighted by Crippen LogP contribution is 2.25. The second kappa shape index (κ2) is 4.27. The highest BCUT2D eigenvalue weighted by molar-refractivity contribution is 7.98. The number of nitrogens with zero attached hydrogens (tertiary/aromatic N) is 2. The first kappa shape index (κ1) is 10.0. The second-order valence-corrected chi connectivity index (χ2v) is 2.82. The molecule has 1 heterocycles. The predicted octanol–water partition coefficient (Wildman–Crippen LogP) is 1.35. The Bertz CT molecular complexity index is 284. The average molecular weight is 204 g/mol. The molecule has 0 bridgehead atoms. The van der Waals surface area contributed by atoms with Gasteiger partial charge in [-0.25, -0.2) is 0 Å². The van der Waals surface area contributed by atoms with E-state index >= 15 is 0 Å². The van der Waals surface area contributed by atoms with E-state index in [1.54, 1.807) is 6.26 Å². The Labute approximate surface area is 79.5 Å². The van der Waals surface area contributed by atoms with Gasteiger partial charge in [0.1, 0.15) is 0 Å². The summed E-state index contributed by atoms with van der Waals surface area (Å²) in [6, 6.07) is 0.